The Hall–Kier alpha value is -3.02. The van der Waals surface area contributed by atoms with E-state index in [1.165, 1.54) is 12.1 Å². The third-order valence-corrected chi connectivity index (χ3v) is 3.54. The highest BCUT2D eigenvalue weighted by molar-refractivity contribution is 5.95. The summed E-state index contributed by atoms with van der Waals surface area (Å²) in [6.07, 6.45) is 0. The Morgan fingerprint density at radius 1 is 0.909 bits per heavy atom. The number of aromatic amines is 2. The zero-order valence-electron chi connectivity index (χ0n) is 11.8. The van der Waals surface area contributed by atoms with E-state index in [2.05, 4.69) is 25.4 Å². The smallest absolute Gasteiger partial charge is 0.181 e. The molecule has 2 aromatic carbocycles. The molecule has 2 aromatic heterocycles. The fraction of sp³-hybridized carbons (Fsp3) is 0.0625. The van der Waals surface area contributed by atoms with Crippen LogP contribution in [0.1, 0.15) is 5.82 Å². The van der Waals surface area contributed by atoms with Gasteiger partial charge in [-0.3, -0.25) is 10.2 Å². The zero-order valence-corrected chi connectivity index (χ0v) is 11.8. The lowest BCUT2D eigenvalue weighted by Gasteiger charge is -2.00. The van der Waals surface area contributed by atoms with E-state index < -0.39 is 0 Å². The average Bonchev–Trinajstić information content (AvgIpc) is 3.14. The van der Waals surface area contributed by atoms with Crippen LogP contribution in [0.2, 0.25) is 0 Å². The molecule has 0 saturated heterocycles. The molecular weight excluding hydrogens is 281 g/mol. The summed E-state index contributed by atoms with van der Waals surface area (Å²) in [6, 6.07) is 12.2. The second-order valence-corrected chi connectivity index (χ2v) is 5.08. The van der Waals surface area contributed by atoms with Gasteiger partial charge in [-0.05, 0) is 49.4 Å². The maximum atomic E-state index is 13.1. The van der Waals surface area contributed by atoms with Crippen molar-refractivity contribution < 1.29 is 4.39 Å². The topological polar surface area (TPSA) is 70.2 Å². The van der Waals surface area contributed by atoms with Crippen LogP contribution in [0.3, 0.4) is 0 Å². The number of aromatic nitrogens is 5. The van der Waals surface area contributed by atoms with Gasteiger partial charge in [-0.15, -0.1) is 0 Å². The molecule has 0 saturated carbocycles. The Labute approximate surface area is 125 Å². The third kappa shape index (κ3) is 2.05. The number of fused-ring (bicyclic) bond motifs is 1. The minimum absolute atomic E-state index is 0.263. The van der Waals surface area contributed by atoms with Gasteiger partial charge in [0.2, 0.25) is 0 Å². The number of nitrogens with one attached hydrogen (secondary N) is 2. The molecule has 0 radical (unpaired) electrons. The summed E-state index contributed by atoms with van der Waals surface area (Å²) < 4.78 is 13.1. The Morgan fingerprint density at radius 3 is 2.41 bits per heavy atom. The van der Waals surface area contributed by atoms with Crippen LogP contribution >= 0.6 is 0 Å². The van der Waals surface area contributed by atoms with Crippen molar-refractivity contribution in [3.8, 4) is 22.6 Å². The molecule has 0 unspecified atom stereocenters. The highest BCUT2D eigenvalue weighted by atomic mass is 19.1. The Kier molecular flexibility index (Phi) is 2.75. The van der Waals surface area contributed by atoms with Gasteiger partial charge in [-0.25, -0.2) is 9.37 Å². The van der Waals surface area contributed by atoms with Crippen LogP contribution < -0.4 is 0 Å². The standard InChI is InChI=1S/C16H12FN5/c1-9-18-16(22-19-9)11-4-7-14-13(8-11)15(21-20-14)10-2-5-12(17)6-3-10/h2-8H,1H3,(H,20,21)(H,18,19,22). The number of aryl methyl sites for hydroxylation is 1. The van der Waals surface area contributed by atoms with Crippen molar-refractivity contribution in [2.24, 2.45) is 0 Å². The molecule has 0 atom stereocenters. The van der Waals surface area contributed by atoms with Crippen molar-refractivity contribution in [1.29, 1.82) is 0 Å². The molecule has 0 bridgehead atoms. The first-order valence-electron chi connectivity index (χ1n) is 6.84. The highest BCUT2D eigenvalue weighted by Crippen LogP contribution is 2.29. The number of H-pyrrole nitrogens is 2. The summed E-state index contributed by atoms with van der Waals surface area (Å²) in [5.74, 6) is 1.15. The molecule has 6 heteroatoms. The molecule has 5 nitrogen and oxygen atoms in total. The van der Waals surface area contributed by atoms with Gasteiger partial charge < -0.3 is 0 Å². The lowest BCUT2D eigenvalue weighted by Crippen LogP contribution is -1.83. The largest absolute Gasteiger partial charge is 0.277 e. The second kappa shape index (κ2) is 4.77. The molecule has 4 aromatic rings. The van der Waals surface area contributed by atoms with Crippen LogP contribution in [0, 0.1) is 12.7 Å². The highest BCUT2D eigenvalue weighted by Gasteiger charge is 2.11. The number of rotatable bonds is 2. The van der Waals surface area contributed by atoms with E-state index in [4.69, 9.17) is 0 Å². The molecule has 0 aliphatic carbocycles. The third-order valence-electron chi connectivity index (χ3n) is 3.54. The first-order valence-corrected chi connectivity index (χ1v) is 6.84. The minimum atomic E-state index is -0.263. The predicted molar refractivity (Wildman–Crippen MR) is 81.6 cm³/mol. The van der Waals surface area contributed by atoms with Crippen molar-refractivity contribution >= 4 is 10.9 Å². The summed E-state index contributed by atoms with van der Waals surface area (Å²) in [7, 11) is 0. The van der Waals surface area contributed by atoms with Gasteiger partial charge in [0.25, 0.3) is 0 Å². The molecule has 0 amide bonds. The van der Waals surface area contributed by atoms with Crippen LogP contribution in [0.4, 0.5) is 4.39 Å². The Balaban J connectivity index is 1.88. The number of hydrogen-bond acceptors (Lipinski definition) is 3. The van der Waals surface area contributed by atoms with E-state index in [0.29, 0.717) is 5.82 Å². The summed E-state index contributed by atoms with van der Waals surface area (Å²) in [5, 5.41) is 15.3. The first-order chi connectivity index (χ1) is 10.7. The van der Waals surface area contributed by atoms with Crippen LogP contribution in [0.5, 0.6) is 0 Å². The van der Waals surface area contributed by atoms with Crippen molar-refractivity contribution in [3.63, 3.8) is 0 Å². The number of halogens is 1. The fourth-order valence-corrected chi connectivity index (χ4v) is 2.45. The van der Waals surface area contributed by atoms with Gasteiger partial charge in [0.05, 0.1) is 11.2 Å². The molecule has 2 heterocycles. The summed E-state index contributed by atoms with van der Waals surface area (Å²) >= 11 is 0. The number of hydrogen-bond donors (Lipinski definition) is 2. The fourth-order valence-electron chi connectivity index (χ4n) is 2.45. The predicted octanol–water partition coefficient (Wildman–Crippen LogP) is 3.46. The molecule has 0 fully saturated rings. The molecule has 0 spiro atoms. The molecular formula is C16H12FN5. The molecule has 0 aliphatic heterocycles. The van der Waals surface area contributed by atoms with Gasteiger partial charge >= 0.3 is 0 Å². The van der Waals surface area contributed by atoms with E-state index in [0.717, 1.165) is 33.5 Å². The van der Waals surface area contributed by atoms with E-state index in [1.54, 1.807) is 12.1 Å². The minimum Gasteiger partial charge on any atom is -0.277 e. The molecule has 108 valence electrons. The lowest BCUT2D eigenvalue weighted by atomic mass is 10.1. The van der Waals surface area contributed by atoms with Crippen molar-refractivity contribution in [2.45, 2.75) is 6.92 Å². The van der Waals surface area contributed by atoms with Crippen LogP contribution in [-0.2, 0) is 0 Å². The van der Waals surface area contributed by atoms with E-state index in [-0.39, 0.29) is 5.82 Å². The van der Waals surface area contributed by atoms with Crippen LogP contribution in [0.15, 0.2) is 42.5 Å². The normalized spacial score (nSPS) is 11.2. The van der Waals surface area contributed by atoms with Crippen molar-refractivity contribution in [3.05, 3.63) is 54.1 Å². The maximum Gasteiger partial charge on any atom is 0.181 e. The van der Waals surface area contributed by atoms with Gasteiger partial charge in [0, 0.05) is 16.5 Å². The van der Waals surface area contributed by atoms with Crippen molar-refractivity contribution in [1.82, 2.24) is 25.4 Å². The van der Waals surface area contributed by atoms with Gasteiger partial charge in [-0.2, -0.15) is 10.2 Å². The van der Waals surface area contributed by atoms with E-state index in [9.17, 15) is 4.39 Å². The van der Waals surface area contributed by atoms with Gasteiger partial charge in [0.15, 0.2) is 5.82 Å². The first kappa shape index (κ1) is 12.7. The number of nitrogens with zero attached hydrogens (tertiary/aromatic N) is 3. The van der Waals surface area contributed by atoms with Gasteiger partial charge in [-0.1, -0.05) is 0 Å². The summed E-state index contributed by atoms with van der Waals surface area (Å²) in [6.45, 7) is 1.86. The van der Waals surface area contributed by atoms with E-state index >= 15 is 0 Å². The average molecular weight is 293 g/mol. The summed E-state index contributed by atoms with van der Waals surface area (Å²) in [5.41, 5.74) is 3.46. The summed E-state index contributed by atoms with van der Waals surface area (Å²) in [4.78, 5) is 4.34. The SMILES string of the molecule is Cc1nc(-c2ccc3[nH]nc(-c4ccc(F)cc4)c3c2)n[nH]1. The second-order valence-electron chi connectivity index (χ2n) is 5.08. The van der Waals surface area contributed by atoms with Crippen LogP contribution in [0.25, 0.3) is 33.5 Å². The van der Waals surface area contributed by atoms with Crippen LogP contribution in [-0.4, -0.2) is 25.4 Å². The molecule has 0 aliphatic rings. The Bertz CT molecular complexity index is 952. The lowest BCUT2D eigenvalue weighted by molar-refractivity contribution is 0.628. The molecule has 22 heavy (non-hydrogen) atoms. The molecule has 4 rings (SSSR count). The Morgan fingerprint density at radius 2 is 1.68 bits per heavy atom. The monoisotopic (exact) mass is 293 g/mol. The van der Waals surface area contributed by atoms with Gasteiger partial charge in [0.1, 0.15) is 11.6 Å². The number of benzene rings is 2. The van der Waals surface area contributed by atoms with Crippen molar-refractivity contribution in [2.75, 3.05) is 0 Å². The quantitative estimate of drug-likeness (QED) is 0.594. The molecule has 2 N–H and O–H groups in total. The maximum absolute atomic E-state index is 13.1. The zero-order chi connectivity index (χ0) is 15.1. The van der Waals surface area contributed by atoms with E-state index in [1.807, 2.05) is 25.1 Å².